The average Bonchev–Trinajstić information content (AvgIpc) is 2.30. The van der Waals surface area contributed by atoms with Gasteiger partial charge in [0.2, 0.25) is 0 Å². The number of anilines is 1. The van der Waals surface area contributed by atoms with E-state index in [1.807, 2.05) is 13.8 Å². The average molecular weight is 227 g/mol. The van der Waals surface area contributed by atoms with Crippen molar-refractivity contribution in [2.75, 3.05) is 19.5 Å². The van der Waals surface area contributed by atoms with Crippen LogP contribution in [-0.2, 0) is 4.74 Å². The van der Waals surface area contributed by atoms with Gasteiger partial charge in [0, 0.05) is 19.2 Å². The summed E-state index contributed by atoms with van der Waals surface area (Å²) in [5, 5.41) is 3.22. The fourth-order valence-corrected chi connectivity index (χ4v) is 1.35. The first kappa shape index (κ1) is 12.8. The Morgan fingerprint density at radius 1 is 1.25 bits per heavy atom. The molecule has 1 rings (SSSR count). The third-order valence-electron chi connectivity index (χ3n) is 2.62. The highest BCUT2D eigenvalue weighted by molar-refractivity contribution is 5.57. The molecule has 1 aromatic carbocycles. The molecule has 0 amide bonds. The van der Waals surface area contributed by atoms with Gasteiger partial charge in [0.1, 0.15) is 11.6 Å². The third-order valence-corrected chi connectivity index (χ3v) is 2.62. The molecule has 0 bridgehead atoms. The second kappa shape index (κ2) is 5.70. The van der Waals surface area contributed by atoms with Gasteiger partial charge in [-0.1, -0.05) is 0 Å². The number of benzene rings is 1. The van der Waals surface area contributed by atoms with Crippen LogP contribution in [0.2, 0.25) is 0 Å². The summed E-state index contributed by atoms with van der Waals surface area (Å²) in [6, 6.07) is 4.53. The molecule has 16 heavy (non-hydrogen) atoms. The van der Waals surface area contributed by atoms with Crippen LogP contribution in [0.3, 0.4) is 0 Å². The second-order valence-electron chi connectivity index (χ2n) is 3.72. The Bertz CT molecular complexity index is 344. The molecule has 1 aromatic rings. The zero-order valence-corrected chi connectivity index (χ0v) is 10.1. The smallest absolute Gasteiger partial charge is 0.144 e. The number of rotatable bonds is 5. The lowest BCUT2D eigenvalue weighted by Gasteiger charge is -2.22. The van der Waals surface area contributed by atoms with Crippen LogP contribution in [-0.4, -0.2) is 26.4 Å². The molecule has 2 atom stereocenters. The van der Waals surface area contributed by atoms with Crippen molar-refractivity contribution in [2.24, 2.45) is 0 Å². The van der Waals surface area contributed by atoms with Gasteiger partial charge in [0.15, 0.2) is 0 Å². The molecular formula is C12H18FNO2. The maximum atomic E-state index is 13.0. The molecule has 2 unspecified atom stereocenters. The summed E-state index contributed by atoms with van der Waals surface area (Å²) in [6.07, 6.45) is 0.0646. The summed E-state index contributed by atoms with van der Waals surface area (Å²) in [5.74, 6) is 0.185. The topological polar surface area (TPSA) is 30.5 Å². The summed E-state index contributed by atoms with van der Waals surface area (Å²) in [6.45, 7) is 3.96. The molecule has 0 radical (unpaired) electrons. The molecule has 0 aromatic heterocycles. The highest BCUT2D eigenvalue weighted by Gasteiger charge is 2.13. The zero-order chi connectivity index (χ0) is 12.1. The second-order valence-corrected chi connectivity index (χ2v) is 3.72. The van der Waals surface area contributed by atoms with Crippen molar-refractivity contribution in [3.63, 3.8) is 0 Å². The van der Waals surface area contributed by atoms with Crippen molar-refractivity contribution in [2.45, 2.75) is 26.0 Å². The van der Waals surface area contributed by atoms with Crippen molar-refractivity contribution in [1.29, 1.82) is 0 Å². The maximum Gasteiger partial charge on any atom is 0.144 e. The Kier molecular flexibility index (Phi) is 4.55. The van der Waals surface area contributed by atoms with E-state index >= 15 is 0 Å². The first-order chi connectivity index (χ1) is 7.58. The van der Waals surface area contributed by atoms with E-state index in [1.165, 1.54) is 19.2 Å². The largest absolute Gasteiger partial charge is 0.494 e. The van der Waals surface area contributed by atoms with E-state index in [4.69, 9.17) is 9.47 Å². The van der Waals surface area contributed by atoms with E-state index in [0.717, 1.165) is 5.69 Å². The molecule has 0 aliphatic heterocycles. The van der Waals surface area contributed by atoms with E-state index in [0.29, 0.717) is 5.75 Å². The summed E-state index contributed by atoms with van der Waals surface area (Å²) < 4.78 is 23.3. The standard InChI is InChI=1S/C12H18FNO2/c1-8(9(2)15-3)14-11-6-5-10(13)7-12(11)16-4/h5-9,14H,1-4H3. The minimum absolute atomic E-state index is 0.0646. The van der Waals surface area contributed by atoms with Gasteiger partial charge in [-0.2, -0.15) is 0 Å². The minimum atomic E-state index is -0.310. The predicted molar refractivity (Wildman–Crippen MR) is 62.5 cm³/mol. The normalized spacial score (nSPS) is 14.3. The fourth-order valence-electron chi connectivity index (χ4n) is 1.35. The number of nitrogens with one attached hydrogen (secondary N) is 1. The number of hydrogen-bond acceptors (Lipinski definition) is 3. The van der Waals surface area contributed by atoms with Crippen LogP contribution >= 0.6 is 0 Å². The van der Waals surface area contributed by atoms with Crippen molar-refractivity contribution < 1.29 is 13.9 Å². The number of halogens is 1. The number of hydrogen-bond donors (Lipinski definition) is 1. The Hall–Kier alpha value is -1.29. The maximum absolute atomic E-state index is 13.0. The van der Waals surface area contributed by atoms with Crippen molar-refractivity contribution in [1.82, 2.24) is 0 Å². The molecule has 3 nitrogen and oxygen atoms in total. The molecule has 0 saturated carbocycles. The lowest BCUT2D eigenvalue weighted by molar-refractivity contribution is 0.106. The Labute approximate surface area is 95.6 Å². The SMILES string of the molecule is COc1cc(F)ccc1NC(C)C(C)OC. The van der Waals surface area contributed by atoms with Gasteiger partial charge in [-0.05, 0) is 26.0 Å². The predicted octanol–water partition coefficient (Wildman–Crippen LogP) is 2.67. The summed E-state index contributed by atoms with van der Waals surface area (Å²) in [5.41, 5.74) is 0.764. The van der Waals surface area contributed by atoms with Gasteiger partial charge in [0.25, 0.3) is 0 Å². The Morgan fingerprint density at radius 2 is 1.94 bits per heavy atom. The molecule has 0 saturated heterocycles. The molecular weight excluding hydrogens is 209 g/mol. The number of methoxy groups -OCH3 is 2. The highest BCUT2D eigenvalue weighted by Crippen LogP contribution is 2.26. The van der Waals surface area contributed by atoms with Gasteiger partial charge in [-0.3, -0.25) is 0 Å². The van der Waals surface area contributed by atoms with E-state index in [9.17, 15) is 4.39 Å². The minimum Gasteiger partial charge on any atom is -0.494 e. The van der Waals surface area contributed by atoms with Crippen LogP contribution in [0.25, 0.3) is 0 Å². The van der Waals surface area contributed by atoms with Gasteiger partial charge in [-0.15, -0.1) is 0 Å². The molecule has 90 valence electrons. The summed E-state index contributed by atoms with van der Waals surface area (Å²) in [4.78, 5) is 0. The molecule has 4 heteroatoms. The molecule has 0 spiro atoms. The number of ether oxygens (including phenoxy) is 2. The van der Waals surface area contributed by atoms with E-state index in [2.05, 4.69) is 5.32 Å². The first-order valence-corrected chi connectivity index (χ1v) is 5.21. The lowest BCUT2D eigenvalue weighted by atomic mass is 10.2. The first-order valence-electron chi connectivity index (χ1n) is 5.21. The quantitative estimate of drug-likeness (QED) is 0.838. The van der Waals surface area contributed by atoms with Crippen LogP contribution in [0.15, 0.2) is 18.2 Å². The van der Waals surface area contributed by atoms with E-state index in [-0.39, 0.29) is 18.0 Å². The van der Waals surface area contributed by atoms with Gasteiger partial charge < -0.3 is 14.8 Å². The molecule has 1 N–H and O–H groups in total. The van der Waals surface area contributed by atoms with Crippen LogP contribution in [0, 0.1) is 5.82 Å². The van der Waals surface area contributed by atoms with E-state index < -0.39 is 0 Å². The van der Waals surface area contributed by atoms with Gasteiger partial charge in [-0.25, -0.2) is 4.39 Å². The van der Waals surface area contributed by atoms with Crippen molar-refractivity contribution in [3.8, 4) is 5.75 Å². The molecule has 0 aliphatic rings. The molecule has 0 heterocycles. The van der Waals surface area contributed by atoms with Gasteiger partial charge in [0.05, 0.1) is 18.9 Å². The Balaban J connectivity index is 2.80. The highest BCUT2D eigenvalue weighted by atomic mass is 19.1. The van der Waals surface area contributed by atoms with Crippen LogP contribution in [0.5, 0.6) is 5.75 Å². The van der Waals surface area contributed by atoms with Crippen LogP contribution in [0.1, 0.15) is 13.8 Å². The van der Waals surface area contributed by atoms with Crippen LogP contribution < -0.4 is 10.1 Å². The Morgan fingerprint density at radius 3 is 2.50 bits per heavy atom. The lowest BCUT2D eigenvalue weighted by Crippen LogP contribution is -2.29. The zero-order valence-electron chi connectivity index (χ0n) is 10.1. The fraction of sp³-hybridized carbons (Fsp3) is 0.500. The monoisotopic (exact) mass is 227 g/mol. The molecule has 0 aliphatic carbocycles. The molecule has 0 fully saturated rings. The van der Waals surface area contributed by atoms with E-state index in [1.54, 1.807) is 13.2 Å². The van der Waals surface area contributed by atoms with Crippen LogP contribution in [0.4, 0.5) is 10.1 Å². The summed E-state index contributed by atoms with van der Waals surface area (Å²) in [7, 11) is 3.18. The van der Waals surface area contributed by atoms with Crippen molar-refractivity contribution >= 4 is 5.69 Å². The third kappa shape index (κ3) is 3.10. The van der Waals surface area contributed by atoms with Crippen molar-refractivity contribution in [3.05, 3.63) is 24.0 Å². The summed E-state index contributed by atoms with van der Waals surface area (Å²) >= 11 is 0. The van der Waals surface area contributed by atoms with Gasteiger partial charge >= 0.3 is 0 Å².